The number of amides is 1. The van der Waals surface area contributed by atoms with Gasteiger partial charge >= 0.3 is 0 Å². The van der Waals surface area contributed by atoms with Gasteiger partial charge in [-0.05, 0) is 18.8 Å². The number of carbonyl (C=O) groups excluding carboxylic acids is 1. The van der Waals surface area contributed by atoms with E-state index in [1.165, 1.54) is 0 Å². The highest BCUT2D eigenvalue weighted by molar-refractivity contribution is 5.85. The van der Waals surface area contributed by atoms with Gasteiger partial charge < -0.3 is 20.6 Å². The quantitative estimate of drug-likeness (QED) is 0.332. The molecule has 3 unspecified atom stereocenters. The molecule has 0 spiro atoms. The van der Waals surface area contributed by atoms with Crippen LogP contribution >= 0.6 is 0 Å². The third-order valence-electron chi connectivity index (χ3n) is 4.54. The lowest BCUT2D eigenvalue weighted by Gasteiger charge is -2.39. The molecule has 0 bridgehead atoms. The molecule has 0 aromatic heterocycles. The van der Waals surface area contributed by atoms with Gasteiger partial charge in [0.1, 0.15) is 6.10 Å². The molecule has 0 aromatic carbocycles. The topological polar surface area (TPSA) is 91.4 Å². The molecule has 2 fully saturated rings. The van der Waals surface area contributed by atoms with Crippen LogP contribution < -0.4 is 5.73 Å². The highest BCUT2D eigenvalue weighted by Gasteiger charge is 2.36. The standard InChI is InChI=1S/C14H26N4O3/c1-3-11(13(15)16-20)17-5-7-18(8-6-17)14(19)12-10(2)4-9-21-12/h10-12,20H,3-9H2,1-2H3,(H2,15,16). The number of piperazine rings is 1. The summed E-state index contributed by atoms with van der Waals surface area (Å²) in [6, 6.07) is -0.0612. The number of hydrogen-bond donors (Lipinski definition) is 2. The lowest BCUT2D eigenvalue weighted by molar-refractivity contribution is -0.144. The Balaban J connectivity index is 1.89. The summed E-state index contributed by atoms with van der Waals surface area (Å²) in [5.41, 5.74) is 5.73. The van der Waals surface area contributed by atoms with Crippen molar-refractivity contribution in [1.82, 2.24) is 9.80 Å². The van der Waals surface area contributed by atoms with Crippen molar-refractivity contribution in [2.45, 2.75) is 38.8 Å². The lowest BCUT2D eigenvalue weighted by Crippen LogP contribution is -2.56. The number of amidine groups is 1. The highest BCUT2D eigenvalue weighted by atomic mass is 16.5. The molecule has 2 aliphatic heterocycles. The van der Waals surface area contributed by atoms with Crippen LogP contribution in [-0.4, -0.2) is 71.7 Å². The molecule has 7 heteroatoms. The molecule has 2 rings (SSSR count). The summed E-state index contributed by atoms with van der Waals surface area (Å²) >= 11 is 0. The van der Waals surface area contributed by atoms with E-state index < -0.39 is 0 Å². The summed E-state index contributed by atoms with van der Waals surface area (Å²) in [6.07, 6.45) is 1.47. The van der Waals surface area contributed by atoms with Crippen LogP contribution in [0.2, 0.25) is 0 Å². The zero-order valence-corrected chi connectivity index (χ0v) is 12.9. The molecule has 21 heavy (non-hydrogen) atoms. The van der Waals surface area contributed by atoms with Crippen LogP contribution in [0.15, 0.2) is 5.16 Å². The fraction of sp³-hybridized carbons (Fsp3) is 0.857. The van der Waals surface area contributed by atoms with Crippen LogP contribution in [0, 0.1) is 5.92 Å². The van der Waals surface area contributed by atoms with Crippen molar-refractivity contribution in [2.24, 2.45) is 16.8 Å². The third kappa shape index (κ3) is 3.47. The second-order valence-electron chi connectivity index (χ2n) is 5.87. The van der Waals surface area contributed by atoms with Crippen molar-refractivity contribution >= 4 is 11.7 Å². The van der Waals surface area contributed by atoms with Gasteiger partial charge in [-0.25, -0.2) is 0 Å². The number of ether oxygens (including phenoxy) is 1. The molecule has 120 valence electrons. The van der Waals surface area contributed by atoms with Crippen molar-refractivity contribution in [1.29, 1.82) is 0 Å². The van der Waals surface area contributed by atoms with Gasteiger partial charge in [-0.2, -0.15) is 0 Å². The van der Waals surface area contributed by atoms with Gasteiger partial charge in [-0.3, -0.25) is 9.69 Å². The van der Waals surface area contributed by atoms with Crippen LogP contribution in [0.4, 0.5) is 0 Å². The maximum absolute atomic E-state index is 12.4. The van der Waals surface area contributed by atoms with Gasteiger partial charge in [-0.1, -0.05) is 19.0 Å². The first-order valence-corrected chi connectivity index (χ1v) is 7.70. The van der Waals surface area contributed by atoms with Gasteiger partial charge in [-0.15, -0.1) is 0 Å². The van der Waals surface area contributed by atoms with Gasteiger partial charge in [0, 0.05) is 32.8 Å². The zero-order chi connectivity index (χ0) is 15.4. The number of nitrogens with zero attached hydrogens (tertiary/aromatic N) is 3. The van der Waals surface area contributed by atoms with Gasteiger partial charge in [0.2, 0.25) is 0 Å². The second-order valence-corrected chi connectivity index (χ2v) is 5.87. The van der Waals surface area contributed by atoms with Crippen LogP contribution in [0.3, 0.4) is 0 Å². The molecule has 3 atom stereocenters. The largest absolute Gasteiger partial charge is 0.409 e. The van der Waals surface area contributed by atoms with Crippen molar-refractivity contribution in [3.05, 3.63) is 0 Å². The van der Waals surface area contributed by atoms with Gasteiger partial charge in [0.25, 0.3) is 5.91 Å². The average Bonchev–Trinajstić information content (AvgIpc) is 2.94. The Morgan fingerprint density at radius 3 is 2.57 bits per heavy atom. The maximum atomic E-state index is 12.4. The predicted molar refractivity (Wildman–Crippen MR) is 79.2 cm³/mol. The maximum Gasteiger partial charge on any atom is 0.252 e. The van der Waals surface area contributed by atoms with E-state index in [-0.39, 0.29) is 23.9 Å². The summed E-state index contributed by atoms with van der Waals surface area (Å²) in [6.45, 7) is 7.56. The molecule has 0 aromatic rings. The Bertz CT molecular complexity index is 394. The molecule has 1 amide bonds. The fourth-order valence-corrected chi connectivity index (χ4v) is 3.17. The SMILES string of the molecule is CCC(C(N)=NO)N1CCN(C(=O)C2OCCC2C)CC1. The van der Waals surface area contributed by atoms with E-state index in [0.717, 1.165) is 25.9 Å². The number of nitrogens with two attached hydrogens (primary N) is 1. The van der Waals surface area contributed by atoms with E-state index >= 15 is 0 Å². The number of rotatable bonds is 4. The normalized spacial score (nSPS) is 29.6. The van der Waals surface area contributed by atoms with Crippen LogP contribution in [0.1, 0.15) is 26.7 Å². The Morgan fingerprint density at radius 1 is 1.43 bits per heavy atom. The van der Waals surface area contributed by atoms with E-state index in [9.17, 15) is 4.79 Å². The minimum atomic E-state index is -0.275. The van der Waals surface area contributed by atoms with E-state index in [4.69, 9.17) is 15.7 Å². The Hall–Kier alpha value is -1.34. The summed E-state index contributed by atoms with van der Waals surface area (Å²) < 4.78 is 5.55. The second kappa shape index (κ2) is 7.09. The zero-order valence-electron chi connectivity index (χ0n) is 12.9. The molecule has 2 heterocycles. The van der Waals surface area contributed by atoms with Crippen molar-refractivity contribution in [3.8, 4) is 0 Å². The molecule has 0 saturated carbocycles. The first-order valence-electron chi connectivity index (χ1n) is 7.70. The first-order chi connectivity index (χ1) is 10.1. The van der Waals surface area contributed by atoms with Crippen molar-refractivity contribution < 1.29 is 14.7 Å². The summed E-state index contributed by atoms with van der Waals surface area (Å²) in [5.74, 6) is 0.651. The van der Waals surface area contributed by atoms with Crippen LogP contribution in [0.5, 0.6) is 0 Å². The number of oxime groups is 1. The first kappa shape index (κ1) is 16.0. The summed E-state index contributed by atoms with van der Waals surface area (Å²) in [7, 11) is 0. The fourth-order valence-electron chi connectivity index (χ4n) is 3.17. The van der Waals surface area contributed by atoms with E-state index in [1.54, 1.807) is 0 Å². The van der Waals surface area contributed by atoms with Gasteiger partial charge in [0.05, 0.1) is 6.04 Å². The molecule has 2 saturated heterocycles. The van der Waals surface area contributed by atoms with E-state index in [2.05, 4.69) is 17.0 Å². The van der Waals surface area contributed by atoms with Crippen molar-refractivity contribution in [2.75, 3.05) is 32.8 Å². The number of hydrogen-bond acceptors (Lipinski definition) is 5. The van der Waals surface area contributed by atoms with Gasteiger partial charge in [0.15, 0.2) is 5.84 Å². The Kier molecular flexibility index (Phi) is 5.41. The average molecular weight is 298 g/mol. The van der Waals surface area contributed by atoms with Crippen molar-refractivity contribution in [3.63, 3.8) is 0 Å². The molecule has 0 radical (unpaired) electrons. The molecule has 2 aliphatic rings. The van der Waals surface area contributed by atoms with Crippen LogP contribution in [-0.2, 0) is 9.53 Å². The predicted octanol–water partition coefficient (Wildman–Crippen LogP) is 0.0806. The molecular weight excluding hydrogens is 272 g/mol. The molecule has 3 N–H and O–H groups in total. The summed E-state index contributed by atoms with van der Waals surface area (Å²) in [4.78, 5) is 16.5. The molecule has 0 aliphatic carbocycles. The number of carbonyl (C=O) groups is 1. The van der Waals surface area contributed by atoms with E-state index in [0.29, 0.717) is 25.6 Å². The minimum Gasteiger partial charge on any atom is -0.409 e. The Morgan fingerprint density at radius 2 is 2.10 bits per heavy atom. The monoisotopic (exact) mass is 298 g/mol. The van der Waals surface area contributed by atoms with Crippen LogP contribution in [0.25, 0.3) is 0 Å². The minimum absolute atomic E-state index is 0.0612. The molecular formula is C14H26N4O3. The van der Waals surface area contributed by atoms with E-state index in [1.807, 2.05) is 11.8 Å². The molecule has 7 nitrogen and oxygen atoms in total. The highest BCUT2D eigenvalue weighted by Crippen LogP contribution is 2.22. The lowest BCUT2D eigenvalue weighted by atomic mass is 10.0. The summed E-state index contributed by atoms with van der Waals surface area (Å²) in [5, 5.41) is 11.9. The smallest absolute Gasteiger partial charge is 0.252 e. The third-order valence-corrected chi connectivity index (χ3v) is 4.54. The Labute approximate surface area is 125 Å².